The molecule has 0 saturated heterocycles. The molecule has 20 heavy (non-hydrogen) atoms. The standard InChI is InChI=1S/C15H21NO4/c17-11-4-2-1-3-10(11)16-14(18)12-8-5-6-9(7-8)13(12)15(19)20/h5-6,8-13,17H,1-4,7H2,(H,16,18)(H,19,20). The Hall–Kier alpha value is -1.36. The molecule has 0 heterocycles. The van der Waals surface area contributed by atoms with Gasteiger partial charge in [-0.25, -0.2) is 0 Å². The molecular formula is C15H21NO4. The van der Waals surface area contributed by atoms with E-state index in [4.69, 9.17) is 0 Å². The van der Waals surface area contributed by atoms with Crippen LogP contribution in [-0.4, -0.2) is 34.2 Å². The minimum atomic E-state index is -0.883. The molecular weight excluding hydrogens is 258 g/mol. The molecule has 0 aromatic carbocycles. The minimum Gasteiger partial charge on any atom is -0.481 e. The van der Waals surface area contributed by atoms with Gasteiger partial charge in [-0.2, -0.15) is 0 Å². The molecule has 3 rings (SSSR count). The van der Waals surface area contributed by atoms with Crippen LogP contribution in [0, 0.1) is 23.7 Å². The van der Waals surface area contributed by atoms with Gasteiger partial charge in [0.1, 0.15) is 0 Å². The minimum absolute atomic E-state index is 0.00970. The molecule has 3 aliphatic carbocycles. The second-order valence-electron chi connectivity index (χ2n) is 6.31. The number of amides is 1. The summed E-state index contributed by atoms with van der Waals surface area (Å²) in [5.41, 5.74) is 0. The number of aliphatic carboxylic acids is 1. The lowest BCUT2D eigenvalue weighted by atomic mass is 9.82. The maximum Gasteiger partial charge on any atom is 0.307 e. The number of hydrogen-bond donors (Lipinski definition) is 3. The molecule has 3 N–H and O–H groups in total. The highest BCUT2D eigenvalue weighted by molar-refractivity contribution is 5.87. The third-order valence-corrected chi connectivity index (χ3v) is 5.10. The number of carboxylic acid groups (broad SMARTS) is 1. The van der Waals surface area contributed by atoms with E-state index in [9.17, 15) is 19.8 Å². The number of carboxylic acids is 1. The van der Waals surface area contributed by atoms with Gasteiger partial charge in [-0.1, -0.05) is 25.0 Å². The highest BCUT2D eigenvalue weighted by Crippen LogP contribution is 2.48. The Labute approximate surface area is 118 Å². The molecule has 5 heteroatoms. The third-order valence-electron chi connectivity index (χ3n) is 5.10. The zero-order valence-corrected chi connectivity index (χ0v) is 11.4. The van der Waals surface area contributed by atoms with Crippen molar-refractivity contribution < 1.29 is 19.8 Å². The number of aliphatic hydroxyl groups is 1. The molecule has 1 amide bonds. The van der Waals surface area contributed by atoms with E-state index in [1.54, 1.807) is 0 Å². The topological polar surface area (TPSA) is 86.6 Å². The number of rotatable bonds is 3. The third kappa shape index (κ3) is 2.24. The first-order valence-corrected chi connectivity index (χ1v) is 7.47. The van der Waals surface area contributed by atoms with Gasteiger partial charge in [0.05, 0.1) is 24.0 Å². The summed E-state index contributed by atoms with van der Waals surface area (Å²) >= 11 is 0. The van der Waals surface area contributed by atoms with Gasteiger partial charge in [0.15, 0.2) is 0 Å². The zero-order chi connectivity index (χ0) is 14.3. The van der Waals surface area contributed by atoms with Gasteiger partial charge in [-0.3, -0.25) is 9.59 Å². The van der Waals surface area contributed by atoms with Crippen molar-refractivity contribution in [2.75, 3.05) is 0 Å². The molecule has 0 radical (unpaired) electrons. The number of aliphatic hydroxyl groups excluding tert-OH is 1. The van der Waals surface area contributed by atoms with Crippen LogP contribution in [0.2, 0.25) is 0 Å². The average molecular weight is 279 g/mol. The SMILES string of the molecule is O=C(O)C1C2C=CC(C2)C1C(=O)NC1CCCCC1O. The van der Waals surface area contributed by atoms with E-state index in [0.717, 1.165) is 25.7 Å². The largest absolute Gasteiger partial charge is 0.481 e. The number of carbonyl (C=O) groups is 2. The van der Waals surface area contributed by atoms with Gasteiger partial charge in [0, 0.05) is 0 Å². The molecule has 0 aliphatic heterocycles. The first-order chi connectivity index (χ1) is 9.58. The van der Waals surface area contributed by atoms with Crippen LogP contribution in [-0.2, 0) is 9.59 Å². The molecule has 2 bridgehead atoms. The Morgan fingerprint density at radius 1 is 1.05 bits per heavy atom. The van der Waals surface area contributed by atoms with Crippen molar-refractivity contribution in [2.45, 2.75) is 44.2 Å². The molecule has 2 saturated carbocycles. The molecule has 3 aliphatic rings. The lowest BCUT2D eigenvalue weighted by Crippen LogP contribution is -2.49. The van der Waals surface area contributed by atoms with E-state index in [0.29, 0.717) is 6.42 Å². The summed E-state index contributed by atoms with van der Waals surface area (Å²) in [7, 11) is 0. The summed E-state index contributed by atoms with van der Waals surface area (Å²) in [5.74, 6) is -2.12. The molecule has 0 spiro atoms. The molecule has 110 valence electrons. The fourth-order valence-electron chi connectivity index (χ4n) is 4.07. The number of fused-ring (bicyclic) bond motifs is 2. The first kappa shape index (κ1) is 13.6. The fraction of sp³-hybridized carbons (Fsp3) is 0.733. The van der Waals surface area contributed by atoms with Gasteiger partial charge in [0.2, 0.25) is 5.91 Å². The molecule has 0 aromatic rings. The normalized spacial score (nSPS) is 42.6. The number of carbonyl (C=O) groups excluding carboxylic acids is 1. The molecule has 0 aromatic heterocycles. The Kier molecular flexibility index (Phi) is 3.54. The van der Waals surface area contributed by atoms with Gasteiger partial charge < -0.3 is 15.5 Å². The Balaban J connectivity index is 1.70. The van der Waals surface area contributed by atoms with Gasteiger partial charge >= 0.3 is 5.97 Å². The summed E-state index contributed by atoms with van der Waals surface area (Å²) in [6.45, 7) is 0. The van der Waals surface area contributed by atoms with Crippen LogP contribution in [0.5, 0.6) is 0 Å². The van der Waals surface area contributed by atoms with Crippen LogP contribution in [0.3, 0.4) is 0 Å². The zero-order valence-electron chi connectivity index (χ0n) is 11.4. The van der Waals surface area contributed by atoms with Crippen LogP contribution in [0.25, 0.3) is 0 Å². The van der Waals surface area contributed by atoms with Crippen LogP contribution in [0.4, 0.5) is 0 Å². The smallest absolute Gasteiger partial charge is 0.307 e. The van der Waals surface area contributed by atoms with Crippen LogP contribution in [0.1, 0.15) is 32.1 Å². The van der Waals surface area contributed by atoms with E-state index in [1.807, 2.05) is 12.2 Å². The quantitative estimate of drug-likeness (QED) is 0.671. The van der Waals surface area contributed by atoms with Crippen molar-refractivity contribution in [3.05, 3.63) is 12.2 Å². The number of allylic oxidation sites excluding steroid dienone is 2. The molecule has 6 atom stereocenters. The second kappa shape index (κ2) is 5.20. The first-order valence-electron chi connectivity index (χ1n) is 7.47. The van der Waals surface area contributed by atoms with Crippen LogP contribution >= 0.6 is 0 Å². The summed E-state index contributed by atoms with van der Waals surface area (Å²) in [6, 6.07) is -0.214. The lowest BCUT2D eigenvalue weighted by molar-refractivity contribution is -0.148. The predicted octanol–water partition coefficient (Wildman–Crippen LogP) is 0.929. The second-order valence-corrected chi connectivity index (χ2v) is 6.31. The van der Waals surface area contributed by atoms with E-state index < -0.39 is 23.9 Å². The number of nitrogens with one attached hydrogen (secondary N) is 1. The van der Waals surface area contributed by atoms with Gasteiger partial charge in [-0.05, 0) is 31.1 Å². The van der Waals surface area contributed by atoms with Crippen LogP contribution in [0.15, 0.2) is 12.2 Å². The highest BCUT2D eigenvalue weighted by Gasteiger charge is 2.52. The van der Waals surface area contributed by atoms with Crippen molar-refractivity contribution in [1.82, 2.24) is 5.32 Å². The average Bonchev–Trinajstić information content (AvgIpc) is 3.01. The highest BCUT2D eigenvalue weighted by atomic mass is 16.4. The van der Waals surface area contributed by atoms with Crippen molar-refractivity contribution in [3.8, 4) is 0 Å². The van der Waals surface area contributed by atoms with Gasteiger partial charge in [-0.15, -0.1) is 0 Å². The summed E-state index contributed by atoms with van der Waals surface area (Å²) in [4.78, 5) is 23.8. The van der Waals surface area contributed by atoms with Crippen molar-refractivity contribution in [2.24, 2.45) is 23.7 Å². The van der Waals surface area contributed by atoms with E-state index in [1.165, 1.54) is 0 Å². The molecule has 2 fully saturated rings. The van der Waals surface area contributed by atoms with Crippen molar-refractivity contribution in [1.29, 1.82) is 0 Å². The Morgan fingerprint density at radius 2 is 1.70 bits per heavy atom. The maximum absolute atomic E-state index is 12.4. The maximum atomic E-state index is 12.4. The van der Waals surface area contributed by atoms with E-state index in [2.05, 4.69) is 5.32 Å². The Bertz CT molecular complexity index is 447. The summed E-state index contributed by atoms with van der Waals surface area (Å²) < 4.78 is 0. The monoisotopic (exact) mass is 279 g/mol. The van der Waals surface area contributed by atoms with E-state index >= 15 is 0 Å². The van der Waals surface area contributed by atoms with Gasteiger partial charge in [0.25, 0.3) is 0 Å². The fourth-order valence-corrected chi connectivity index (χ4v) is 4.07. The van der Waals surface area contributed by atoms with Crippen LogP contribution < -0.4 is 5.32 Å². The van der Waals surface area contributed by atoms with E-state index in [-0.39, 0.29) is 23.8 Å². The summed E-state index contributed by atoms with van der Waals surface area (Å²) in [6.07, 6.45) is 7.66. The Morgan fingerprint density at radius 3 is 2.35 bits per heavy atom. The number of hydrogen-bond acceptors (Lipinski definition) is 3. The molecule has 5 nitrogen and oxygen atoms in total. The summed E-state index contributed by atoms with van der Waals surface area (Å²) in [5, 5.41) is 22.2. The van der Waals surface area contributed by atoms with Crippen molar-refractivity contribution in [3.63, 3.8) is 0 Å². The molecule has 6 unspecified atom stereocenters. The predicted molar refractivity (Wildman–Crippen MR) is 71.8 cm³/mol. The lowest BCUT2D eigenvalue weighted by Gasteiger charge is -2.31. The van der Waals surface area contributed by atoms with Crippen molar-refractivity contribution >= 4 is 11.9 Å².